The number of aliphatic carboxylic acids is 1. The van der Waals surface area contributed by atoms with Crippen LogP contribution in [0, 0.1) is 5.92 Å². The van der Waals surface area contributed by atoms with E-state index in [0.29, 0.717) is 31.7 Å². The van der Waals surface area contributed by atoms with Gasteiger partial charge < -0.3 is 20.1 Å². The molecule has 1 aliphatic rings. The van der Waals surface area contributed by atoms with Crippen LogP contribution in [0.3, 0.4) is 0 Å². The van der Waals surface area contributed by atoms with Gasteiger partial charge in [0.1, 0.15) is 11.8 Å². The molecule has 1 aromatic heterocycles. The SMILES string of the molecule is COc1ccc(CC(NC(=O)CC2CCN(C(=O)CCc3cccnc3)CC2)C(=O)O)cc1. The number of nitrogens with one attached hydrogen (secondary N) is 1. The van der Waals surface area contributed by atoms with Crippen molar-refractivity contribution in [1.82, 2.24) is 15.2 Å². The zero-order valence-electron chi connectivity index (χ0n) is 18.9. The minimum absolute atomic E-state index is 0.118. The molecule has 2 amide bonds. The Morgan fingerprint density at radius 2 is 1.88 bits per heavy atom. The number of carboxylic acids is 1. The number of aromatic nitrogens is 1. The highest BCUT2D eigenvalue weighted by atomic mass is 16.5. The quantitative estimate of drug-likeness (QED) is 0.572. The Labute approximate surface area is 194 Å². The monoisotopic (exact) mass is 453 g/mol. The second-order valence-corrected chi connectivity index (χ2v) is 8.40. The number of methoxy groups -OCH3 is 1. The summed E-state index contributed by atoms with van der Waals surface area (Å²) in [5.74, 6) is -0.378. The number of hydrogen-bond donors (Lipinski definition) is 2. The standard InChI is InChI=1S/C25H31N3O5/c1-33-21-7-4-18(5-8-21)15-22(25(31)32)27-23(29)16-19-10-13-28(14-11-19)24(30)9-6-20-3-2-12-26-17-20/h2-5,7-8,12,17,19,22H,6,9-11,13-16H2,1H3,(H,27,29)(H,31,32). The molecule has 2 aromatic rings. The van der Waals surface area contributed by atoms with Crippen molar-refractivity contribution in [2.75, 3.05) is 20.2 Å². The molecule has 0 saturated carbocycles. The topological polar surface area (TPSA) is 109 Å². The average molecular weight is 454 g/mol. The molecular weight excluding hydrogens is 422 g/mol. The van der Waals surface area contributed by atoms with Crippen LogP contribution in [-0.4, -0.2) is 59.0 Å². The lowest BCUT2D eigenvalue weighted by Crippen LogP contribution is -2.44. The molecule has 0 bridgehead atoms. The van der Waals surface area contributed by atoms with Gasteiger partial charge >= 0.3 is 5.97 Å². The Hall–Kier alpha value is -3.42. The largest absolute Gasteiger partial charge is 0.497 e. The lowest BCUT2D eigenvalue weighted by molar-refractivity contribution is -0.142. The fourth-order valence-electron chi connectivity index (χ4n) is 4.05. The third kappa shape index (κ3) is 7.59. The highest BCUT2D eigenvalue weighted by molar-refractivity contribution is 5.84. The van der Waals surface area contributed by atoms with Crippen molar-refractivity contribution in [3.63, 3.8) is 0 Å². The highest BCUT2D eigenvalue weighted by Crippen LogP contribution is 2.21. The summed E-state index contributed by atoms with van der Waals surface area (Å²) in [6, 6.07) is 9.96. The second-order valence-electron chi connectivity index (χ2n) is 8.40. The highest BCUT2D eigenvalue weighted by Gasteiger charge is 2.26. The third-order valence-corrected chi connectivity index (χ3v) is 6.02. The van der Waals surface area contributed by atoms with Crippen LogP contribution in [0.5, 0.6) is 5.75 Å². The molecule has 1 unspecified atom stereocenters. The van der Waals surface area contributed by atoms with E-state index in [9.17, 15) is 19.5 Å². The van der Waals surface area contributed by atoms with Gasteiger partial charge in [-0.25, -0.2) is 4.79 Å². The van der Waals surface area contributed by atoms with Crippen molar-refractivity contribution < 1.29 is 24.2 Å². The van der Waals surface area contributed by atoms with Crippen LogP contribution in [0.25, 0.3) is 0 Å². The van der Waals surface area contributed by atoms with Crippen LogP contribution in [0.1, 0.15) is 36.8 Å². The first-order valence-electron chi connectivity index (χ1n) is 11.3. The summed E-state index contributed by atoms with van der Waals surface area (Å²) in [4.78, 5) is 42.6. The van der Waals surface area contributed by atoms with Crippen molar-refractivity contribution >= 4 is 17.8 Å². The number of nitrogens with zero attached hydrogens (tertiary/aromatic N) is 2. The number of ether oxygens (including phenoxy) is 1. The smallest absolute Gasteiger partial charge is 0.326 e. The predicted molar refractivity (Wildman–Crippen MR) is 123 cm³/mol. The molecule has 0 spiro atoms. The molecule has 1 fully saturated rings. The summed E-state index contributed by atoms with van der Waals surface area (Å²) in [5.41, 5.74) is 1.85. The molecule has 3 rings (SSSR count). The number of likely N-dealkylation sites (tertiary alicyclic amines) is 1. The Balaban J connectivity index is 1.41. The summed E-state index contributed by atoms with van der Waals surface area (Å²) in [5, 5.41) is 12.2. The van der Waals surface area contributed by atoms with Crippen LogP contribution in [0.2, 0.25) is 0 Å². The minimum atomic E-state index is -1.06. The van der Waals surface area contributed by atoms with Crippen LogP contribution in [0.4, 0.5) is 0 Å². The van der Waals surface area contributed by atoms with Crippen molar-refractivity contribution in [1.29, 1.82) is 0 Å². The molecule has 8 nitrogen and oxygen atoms in total. The second kappa shape index (κ2) is 12.0. The van der Waals surface area contributed by atoms with Crippen molar-refractivity contribution in [2.24, 2.45) is 5.92 Å². The van der Waals surface area contributed by atoms with Gasteiger partial charge in [0.2, 0.25) is 11.8 Å². The maximum atomic E-state index is 12.5. The molecule has 1 saturated heterocycles. The van der Waals surface area contributed by atoms with Gasteiger partial charge in [0.05, 0.1) is 7.11 Å². The Bertz CT molecular complexity index is 925. The molecule has 1 aliphatic heterocycles. The van der Waals surface area contributed by atoms with Crippen LogP contribution >= 0.6 is 0 Å². The Kier molecular flexibility index (Phi) is 8.80. The number of carboxylic acid groups (broad SMARTS) is 1. The number of aryl methyl sites for hydroxylation is 1. The van der Waals surface area contributed by atoms with Crippen molar-refractivity contribution in [2.45, 2.75) is 44.6 Å². The van der Waals surface area contributed by atoms with E-state index in [-0.39, 0.29) is 30.6 Å². The Morgan fingerprint density at radius 3 is 2.48 bits per heavy atom. The zero-order valence-corrected chi connectivity index (χ0v) is 18.9. The predicted octanol–water partition coefficient (Wildman–Crippen LogP) is 2.46. The molecule has 33 heavy (non-hydrogen) atoms. The van der Waals surface area contributed by atoms with Gasteiger partial charge in [-0.3, -0.25) is 14.6 Å². The van der Waals surface area contributed by atoms with Gasteiger partial charge in [-0.15, -0.1) is 0 Å². The first-order chi connectivity index (χ1) is 15.9. The minimum Gasteiger partial charge on any atom is -0.497 e. The van der Waals surface area contributed by atoms with Gasteiger partial charge in [-0.1, -0.05) is 18.2 Å². The molecule has 0 radical (unpaired) electrons. The molecule has 8 heteroatoms. The number of piperidine rings is 1. The average Bonchev–Trinajstić information content (AvgIpc) is 2.83. The number of pyridine rings is 1. The third-order valence-electron chi connectivity index (χ3n) is 6.02. The summed E-state index contributed by atoms with van der Waals surface area (Å²) in [6.45, 7) is 1.25. The van der Waals surface area contributed by atoms with E-state index in [1.165, 1.54) is 0 Å². The summed E-state index contributed by atoms with van der Waals surface area (Å²) >= 11 is 0. The number of amides is 2. The van der Waals surface area contributed by atoms with E-state index in [1.807, 2.05) is 17.0 Å². The van der Waals surface area contributed by atoms with E-state index in [4.69, 9.17) is 4.74 Å². The maximum Gasteiger partial charge on any atom is 0.326 e. The Morgan fingerprint density at radius 1 is 1.15 bits per heavy atom. The van der Waals surface area contributed by atoms with Gasteiger partial charge in [-0.05, 0) is 54.5 Å². The molecule has 0 aliphatic carbocycles. The lowest BCUT2D eigenvalue weighted by Gasteiger charge is -2.32. The molecule has 176 valence electrons. The normalized spacial score (nSPS) is 15.0. The van der Waals surface area contributed by atoms with Gasteiger partial charge in [0, 0.05) is 44.7 Å². The first-order valence-corrected chi connectivity index (χ1v) is 11.3. The number of hydrogen-bond acceptors (Lipinski definition) is 5. The van der Waals surface area contributed by atoms with Crippen LogP contribution in [0.15, 0.2) is 48.8 Å². The molecule has 2 heterocycles. The van der Waals surface area contributed by atoms with E-state index in [2.05, 4.69) is 10.3 Å². The fraction of sp³-hybridized carbons (Fsp3) is 0.440. The number of rotatable bonds is 10. The maximum absolute atomic E-state index is 12.5. The van der Waals surface area contributed by atoms with E-state index < -0.39 is 12.0 Å². The molecule has 1 atom stereocenters. The molecular formula is C25H31N3O5. The van der Waals surface area contributed by atoms with E-state index >= 15 is 0 Å². The van der Waals surface area contributed by atoms with Crippen LogP contribution in [-0.2, 0) is 27.2 Å². The van der Waals surface area contributed by atoms with Gasteiger partial charge in [-0.2, -0.15) is 0 Å². The van der Waals surface area contributed by atoms with Crippen molar-refractivity contribution in [3.05, 3.63) is 59.9 Å². The van der Waals surface area contributed by atoms with Crippen molar-refractivity contribution in [3.8, 4) is 5.75 Å². The number of carbonyl (C=O) groups is 3. The summed E-state index contributed by atoms with van der Waals surface area (Å²) in [7, 11) is 1.57. The molecule has 2 N–H and O–H groups in total. The first kappa shape index (κ1) is 24.2. The number of carbonyl (C=O) groups excluding carboxylic acids is 2. The van der Waals surface area contributed by atoms with Crippen LogP contribution < -0.4 is 10.1 Å². The van der Waals surface area contributed by atoms with Gasteiger partial charge in [0.25, 0.3) is 0 Å². The van der Waals surface area contributed by atoms with Gasteiger partial charge in [0.15, 0.2) is 0 Å². The summed E-state index contributed by atoms with van der Waals surface area (Å²) in [6.07, 6.45) is 6.55. The zero-order chi connectivity index (χ0) is 23.6. The lowest BCUT2D eigenvalue weighted by atomic mass is 9.92. The van der Waals surface area contributed by atoms with E-state index in [0.717, 1.165) is 24.0 Å². The van der Waals surface area contributed by atoms with E-state index in [1.54, 1.807) is 43.8 Å². The fourth-order valence-corrected chi connectivity index (χ4v) is 4.05. The number of benzene rings is 1. The summed E-state index contributed by atoms with van der Waals surface area (Å²) < 4.78 is 5.11. The molecule has 1 aromatic carbocycles.